The third-order valence-electron chi connectivity index (χ3n) is 5.96. The molecular weight excluding hydrogens is 469 g/mol. The molecule has 1 aromatic heterocycles. The second-order valence-corrected chi connectivity index (χ2v) is 9.83. The standard InChI is InChI=1S/C27H33F3N4O2/c1-27(2,3)24(34(26(35)36-4)14-13-19(31)15-28)25-32-22(20-11-8-12-21(29)23(20)30)17-33(25)16-18-9-6-5-7-10-18/h5-12,17,19,24H,13-16,31H2,1-4H3/t19?,24-/m0/s1. The molecule has 36 heavy (non-hydrogen) atoms. The van der Waals surface area contributed by atoms with Gasteiger partial charge in [-0.2, -0.15) is 0 Å². The van der Waals surface area contributed by atoms with E-state index in [0.29, 0.717) is 12.4 Å². The number of nitrogens with two attached hydrogens (primary N) is 1. The van der Waals surface area contributed by atoms with Crippen LogP contribution < -0.4 is 5.73 Å². The number of halogens is 3. The first-order chi connectivity index (χ1) is 17.1. The van der Waals surface area contributed by atoms with Gasteiger partial charge < -0.3 is 15.0 Å². The number of aromatic nitrogens is 2. The van der Waals surface area contributed by atoms with Gasteiger partial charge in [0.1, 0.15) is 12.5 Å². The lowest BCUT2D eigenvalue weighted by molar-refractivity contribution is 0.0613. The molecule has 0 saturated carbocycles. The fourth-order valence-corrected chi connectivity index (χ4v) is 4.21. The monoisotopic (exact) mass is 502 g/mol. The summed E-state index contributed by atoms with van der Waals surface area (Å²) in [5, 5.41) is 0. The van der Waals surface area contributed by atoms with Crippen LogP contribution in [0.4, 0.5) is 18.0 Å². The van der Waals surface area contributed by atoms with Gasteiger partial charge in [-0.05, 0) is 29.5 Å². The number of nitrogens with zero attached hydrogens (tertiary/aromatic N) is 3. The van der Waals surface area contributed by atoms with Gasteiger partial charge in [-0.15, -0.1) is 0 Å². The van der Waals surface area contributed by atoms with Crippen LogP contribution >= 0.6 is 0 Å². The van der Waals surface area contributed by atoms with Crippen LogP contribution in [0, 0.1) is 17.0 Å². The number of rotatable bonds is 9. The predicted molar refractivity (Wildman–Crippen MR) is 133 cm³/mol. The quantitative estimate of drug-likeness (QED) is 0.406. The number of benzene rings is 2. The van der Waals surface area contributed by atoms with Crippen molar-refractivity contribution < 1.29 is 22.7 Å². The highest BCUT2D eigenvalue weighted by Gasteiger charge is 2.39. The van der Waals surface area contributed by atoms with Crippen molar-refractivity contribution in [2.75, 3.05) is 20.3 Å². The smallest absolute Gasteiger partial charge is 0.410 e. The van der Waals surface area contributed by atoms with E-state index in [9.17, 15) is 18.0 Å². The predicted octanol–water partition coefficient (Wildman–Crippen LogP) is 5.72. The van der Waals surface area contributed by atoms with Crippen molar-refractivity contribution in [3.63, 3.8) is 0 Å². The number of amides is 1. The zero-order valence-corrected chi connectivity index (χ0v) is 21.0. The number of hydrogen-bond donors (Lipinski definition) is 1. The molecule has 0 aliphatic heterocycles. The molecule has 9 heteroatoms. The Morgan fingerprint density at radius 3 is 2.44 bits per heavy atom. The average molecular weight is 503 g/mol. The molecule has 0 bridgehead atoms. The second kappa shape index (κ2) is 11.6. The molecule has 1 amide bonds. The molecule has 1 unspecified atom stereocenters. The minimum Gasteiger partial charge on any atom is -0.453 e. The van der Waals surface area contributed by atoms with Crippen LogP contribution in [-0.4, -0.2) is 46.9 Å². The second-order valence-electron chi connectivity index (χ2n) is 9.83. The fraction of sp³-hybridized carbons (Fsp3) is 0.407. The largest absolute Gasteiger partial charge is 0.453 e. The first-order valence-electron chi connectivity index (χ1n) is 11.8. The van der Waals surface area contributed by atoms with E-state index in [1.165, 1.54) is 24.1 Å². The summed E-state index contributed by atoms with van der Waals surface area (Å²) < 4.78 is 48.8. The van der Waals surface area contributed by atoms with Crippen LogP contribution in [0.1, 0.15) is 44.6 Å². The Balaban J connectivity index is 2.19. The molecule has 0 saturated heterocycles. The first-order valence-corrected chi connectivity index (χ1v) is 11.8. The summed E-state index contributed by atoms with van der Waals surface area (Å²) in [5.74, 6) is -1.51. The number of methoxy groups -OCH3 is 1. The van der Waals surface area contributed by atoms with Gasteiger partial charge in [0.2, 0.25) is 0 Å². The maximum atomic E-state index is 14.7. The topological polar surface area (TPSA) is 73.4 Å². The maximum absolute atomic E-state index is 14.7. The molecule has 0 fully saturated rings. The van der Waals surface area contributed by atoms with E-state index in [1.807, 2.05) is 55.7 Å². The van der Waals surface area contributed by atoms with Crippen molar-refractivity contribution in [3.8, 4) is 11.3 Å². The van der Waals surface area contributed by atoms with Gasteiger partial charge >= 0.3 is 6.09 Å². The zero-order valence-electron chi connectivity index (χ0n) is 21.0. The maximum Gasteiger partial charge on any atom is 0.410 e. The average Bonchev–Trinajstić information content (AvgIpc) is 3.24. The number of imidazole rings is 1. The van der Waals surface area contributed by atoms with E-state index < -0.39 is 41.9 Å². The summed E-state index contributed by atoms with van der Waals surface area (Å²) in [6.07, 6.45) is 1.25. The van der Waals surface area contributed by atoms with Crippen molar-refractivity contribution in [3.05, 3.63) is 77.8 Å². The summed E-state index contributed by atoms with van der Waals surface area (Å²) in [4.78, 5) is 19.2. The minimum absolute atomic E-state index is 0.0137. The van der Waals surface area contributed by atoms with Crippen molar-refractivity contribution in [1.29, 1.82) is 0 Å². The van der Waals surface area contributed by atoms with Crippen molar-refractivity contribution in [2.45, 2.75) is 45.8 Å². The van der Waals surface area contributed by atoms with Crippen LogP contribution in [0.15, 0.2) is 54.7 Å². The van der Waals surface area contributed by atoms with Crippen molar-refractivity contribution in [1.82, 2.24) is 14.5 Å². The van der Waals surface area contributed by atoms with Gasteiger partial charge in [0.15, 0.2) is 11.6 Å². The zero-order chi connectivity index (χ0) is 26.5. The molecule has 3 rings (SSSR count). The normalized spacial score (nSPS) is 13.3. The van der Waals surface area contributed by atoms with Crippen LogP contribution in [0.3, 0.4) is 0 Å². The lowest BCUT2D eigenvalue weighted by atomic mass is 9.84. The summed E-state index contributed by atoms with van der Waals surface area (Å²) in [6.45, 7) is 5.60. The minimum atomic E-state index is -1.00. The molecule has 2 aromatic carbocycles. The number of carbonyl (C=O) groups is 1. The molecule has 0 radical (unpaired) electrons. The SMILES string of the molecule is COC(=O)N(CCC(N)CF)[C@@H](c1nc(-c2cccc(F)c2F)cn1Cc1ccccc1)C(C)(C)C. The summed E-state index contributed by atoms with van der Waals surface area (Å²) >= 11 is 0. The van der Waals surface area contributed by atoms with Crippen LogP contribution in [0.25, 0.3) is 11.3 Å². The molecule has 2 atom stereocenters. The third kappa shape index (κ3) is 6.26. The molecule has 3 aromatic rings. The molecule has 0 aliphatic rings. The molecule has 2 N–H and O–H groups in total. The van der Waals surface area contributed by atoms with E-state index >= 15 is 0 Å². The summed E-state index contributed by atoms with van der Waals surface area (Å²) in [6, 6.07) is 12.1. The fourth-order valence-electron chi connectivity index (χ4n) is 4.21. The van der Waals surface area contributed by atoms with Gasteiger partial charge in [0.05, 0.1) is 18.8 Å². The number of ether oxygens (including phenoxy) is 1. The Morgan fingerprint density at radius 1 is 1.14 bits per heavy atom. The lowest BCUT2D eigenvalue weighted by Crippen LogP contribution is -2.44. The number of carbonyl (C=O) groups excluding carboxylic acids is 1. The Labute approximate surface area is 209 Å². The first kappa shape index (κ1) is 27.3. The Hall–Kier alpha value is -3.33. The van der Waals surface area contributed by atoms with Crippen LogP contribution in [0.5, 0.6) is 0 Å². The highest BCUT2D eigenvalue weighted by atomic mass is 19.2. The van der Waals surface area contributed by atoms with Gasteiger partial charge in [0, 0.05) is 30.9 Å². The molecule has 194 valence electrons. The summed E-state index contributed by atoms with van der Waals surface area (Å²) in [7, 11) is 1.27. The molecule has 0 aliphatic carbocycles. The van der Waals surface area contributed by atoms with Gasteiger partial charge in [-0.25, -0.2) is 22.9 Å². The van der Waals surface area contributed by atoms with Gasteiger partial charge in [-0.3, -0.25) is 4.90 Å². The summed E-state index contributed by atoms with van der Waals surface area (Å²) in [5.41, 5.74) is 6.44. The lowest BCUT2D eigenvalue weighted by Gasteiger charge is -2.39. The Morgan fingerprint density at radius 2 is 1.83 bits per heavy atom. The third-order valence-corrected chi connectivity index (χ3v) is 5.96. The number of hydrogen-bond acceptors (Lipinski definition) is 4. The van der Waals surface area contributed by atoms with Gasteiger partial charge in [0.25, 0.3) is 0 Å². The van der Waals surface area contributed by atoms with E-state index in [-0.39, 0.29) is 24.2 Å². The van der Waals surface area contributed by atoms with Crippen molar-refractivity contribution >= 4 is 6.09 Å². The highest BCUT2D eigenvalue weighted by molar-refractivity contribution is 5.68. The number of alkyl halides is 1. The van der Waals surface area contributed by atoms with Gasteiger partial charge in [-0.1, -0.05) is 57.2 Å². The Kier molecular flexibility index (Phi) is 8.79. The van der Waals surface area contributed by atoms with E-state index in [2.05, 4.69) is 0 Å². The molecule has 1 heterocycles. The van der Waals surface area contributed by atoms with Crippen molar-refractivity contribution in [2.24, 2.45) is 11.1 Å². The Bertz CT molecular complexity index is 1160. The molecule has 0 spiro atoms. The van der Waals surface area contributed by atoms with Crippen LogP contribution in [-0.2, 0) is 11.3 Å². The van der Waals surface area contributed by atoms with E-state index in [0.717, 1.165) is 11.6 Å². The van der Waals surface area contributed by atoms with E-state index in [1.54, 1.807) is 6.20 Å². The highest BCUT2D eigenvalue weighted by Crippen LogP contribution is 2.39. The molecule has 6 nitrogen and oxygen atoms in total. The molecular formula is C27H33F3N4O2. The van der Waals surface area contributed by atoms with E-state index in [4.69, 9.17) is 15.5 Å². The van der Waals surface area contributed by atoms with Crippen LogP contribution in [0.2, 0.25) is 0 Å².